The Labute approximate surface area is 152 Å². The predicted octanol–water partition coefficient (Wildman–Crippen LogP) is 0.270. The van der Waals surface area contributed by atoms with Crippen molar-refractivity contribution in [1.29, 1.82) is 0 Å². The summed E-state index contributed by atoms with van der Waals surface area (Å²) in [6.07, 6.45) is 0. The summed E-state index contributed by atoms with van der Waals surface area (Å²) in [4.78, 5) is 24.8. The zero-order chi connectivity index (χ0) is 19.6. The van der Waals surface area contributed by atoms with Crippen LogP contribution in [0.25, 0.3) is 5.69 Å². The number of aromatic nitrogens is 2. The van der Waals surface area contributed by atoms with Crippen LogP contribution in [0.1, 0.15) is 5.69 Å². The van der Waals surface area contributed by atoms with Crippen molar-refractivity contribution in [2.45, 2.75) is 6.92 Å². The normalized spacial score (nSPS) is 11.6. The van der Waals surface area contributed by atoms with Crippen molar-refractivity contribution in [3.8, 4) is 5.69 Å². The summed E-state index contributed by atoms with van der Waals surface area (Å²) in [5, 5.41) is 0. The largest absolute Gasteiger partial charge is 0.468 e. The third-order valence-corrected chi connectivity index (χ3v) is 5.81. The summed E-state index contributed by atoms with van der Waals surface area (Å²) >= 11 is 0. The number of ether oxygens (including phenoxy) is 1. The number of benzene rings is 1. The highest BCUT2D eigenvalue weighted by molar-refractivity contribution is 7.90. The molecule has 0 N–H and O–H groups in total. The zero-order valence-electron chi connectivity index (χ0n) is 15.3. The maximum absolute atomic E-state index is 13.1. The molecule has 142 valence electrons. The molecule has 26 heavy (non-hydrogen) atoms. The van der Waals surface area contributed by atoms with Gasteiger partial charge in [0.1, 0.15) is 12.2 Å². The van der Waals surface area contributed by atoms with Crippen LogP contribution in [0.2, 0.25) is 0 Å². The van der Waals surface area contributed by atoms with Gasteiger partial charge >= 0.3 is 16.2 Å². The van der Waals surface area contributed by atoms with E-state index in [0.29, 0.717) is 11.4 Å². The van der Waals surface area contributed by atoms with Gasteiger partial charge < -0.3 is 4.74 Å². The molecular weight excluding hydrogens is 360 g/mol. The average molecular weight is 382 g/mol. The Hall–Kier alpha value is -2.59. The lowest BCUT2D eigenvalue weighted by atomic mass is 10.3. The lowest BCUT2D eigenvalue weighted by Crippen LogP contribution is -2.45. The first kappa shape index (κ1) is 19.7. The van der Waals surface area contributed by atoms with Crippen LogP contribution in [0.5, 0.6) is 0 Å². The van der Waals surface area contributed by atoms with Gasteiger partial charge in [0.15, 0.2) is 0 Å². The first-order chi connectivity index (χ1) is 12.1. The van der Waals surface area contributed by atoms with Gasteiger partial charge in [-0.1, -0.05) is 18.2 Å². The molecule has 10 heteroatoms. The molecule has 0 aliphatic carbocycles. The van der Waals surface area contributed by atoms with Crippen molar-refractivity contribution in [3.63, 3.8) is 0 Å². The number of nitrogens with zero attached hydrogens (tertiary/aromatic N) is 4. The van der Waals surface area contributed by atoms with E-state index in [0.717, 1.165) is 15.7 Å². The third kappa shape index (κ3) is 3.37. The molecule has 0 atom stereocenters. The van der Waals surface area contributed by atoms with Crippen LogP contribution < -0.4 is 9.86 Å². The highest BCUT2D eigenvalue weighted by Crippen LogP contribution is 2.22. The van der Waals surface area contributed by atoms with Gasteiger partial charge in [-0.2, -0.15) is 12.7 Å². The van der Waals surface area contributed by atoms with Crippen molar-refractivity contribution in [3.05, 3.63) is 46.4 Å². The van der Waals surface area contributed by atoms with Gasteiger partial charge in [-0.15, -0.1) is 0 Å². The topological polar surface area (TPSA) is 93.8 Å². The molecule has 2 rings (SSSR count). The van der Waals surface area contributed by atoms with E-state index in [1.54, 1.807) is 42.9 Å². The Morgan fingerprint density at radius 3 is 2.27 bits per heavy atom. The van der Waals surface area contributed by atoms with Crippen molar-refractivity contribution in [2.75, 3.05) is 32.1 Å². The molecule has 0 fully saturated rings. The molecule has 0 amide bonds. The number of para-hydroxylation sites is 1. The summed E-state index contributed by atoms with van der Waals surface area (Å²) in [7, 11) is 1.37. The summed E-state index contributed by atoms with van der Waals surface area (Å²) in [5.74, 6) is -0.774. The fourth-order valence-electron chi connectivity index (χ4n) is 2.50. The number of carbonyl (C=O) groups is 1. The Morgan fingerprint density at radius 1 is 1.19 bits per heavy atom. The van der Waals surface area contributed by atoms with Crippen LogP contribution in [-0.2, 0) is 26.8 Å². The minimum absolute atomic E-state index is 0.101. The first-order valence-corrected chi connectivity index (χ1v) is 9.13. The van der Waals surface area contributed by atoms with Gasteiger partial charge in [0, 0.05) is 21.1 Å². The highest BCUT2D eigenvalue weighted by Gasteiger charge is 2.33. The maximum Gasteiger partial charge on any atom is 0.326 e. The summed E-state index contributed by atoms with van der Waals surface area (Å²) in [5.41, 5.74) is 0.323. The molecule has 0 saturated carbocycles. The predicted molar refractivity (Wildman–Crippen MR) is 97.7 cm³/mol. The fourth-order valence-corrected chi connectivity index (χ4v) is 3.60. The van der Waals surface area contributed by atoms with E-state index in [9.17, 15) is 18.0 Å². The molecule has 1 aromatic carbocycles. The molecular formula is C16H22N4O5S. The molecule has 1 heterocycles. The van der Waals surface area contributed by atoms with Gasteiger partial charge in [0.2, 0.25) is 0 Å². The van der Waals surface area contributed by atoms with Crippen LogP contribution in [0.4, 0.5) is 5.69 Å². The number of rotatable bonds is 6. The third-order valence-electron chi connectivity index (χ3n) is 4.01. The van der Waals surface area contributed by atoms with Crippen LogP contribution in [0, 0.1) is 6.92 Å². The number of anilines is 1. The van der Waals surface area contributed by atoms with Gasteiger partial charge in [0.25, 0.3) is 5.56 Å². The molecule has 0 aliphatic rings. The minimum atomic E-state index is -4.09. The Kier molecular flexibility index (Phi) is 5.57. The van der Waals surface area contributed by atoms with Crippen LogP contribution in [-0.4, -0.2) is 55.8 Å². The average Bonchev–Trinajstić information content (AvgIpc) is 2.82. The number of hydrogen-bond acceptors (Lipinski definition) is 5. The van der Waals surface area contributed by atoms with Gasteiger partial charge in [-0.3, -0.25) is 14.3 Å². The fraction of sp³-hybridized carbons (Fsp3) is 0.375. The molecule has 0 saturated heterocycles. The molecule has 9 nitrogen and oxygen atoms in total. The van der Waals surface area contributed by atoms with E-state index in [2.05, 4.69) is 4.74 Å². The number of hydrogen-bond donors (Lipinski definition) is 0. The maximum atomic E-state index is 13.1. The molecule has 0 radical (unpaired) electrons. The van der Waals surface area contributed by atoms with Crippen molar-refractivity contribution >= 4 is 21.9 Å². The van der Waals surface area contributed by atoms with E-state index in [4.69, 9.17) is 0 Å². The first-order valence-electron chi connectivity index (χ1n) is 7.74. The minimum Gasteiger partial charge on any atom is -0.468 e. The van der Waals surface area contributed by atoms with Crippen molar-refractivity contribution in [2.24, 2.45) is 7.05 Å². The lowest BCUT2D eigenvalue weighted by molar-refractivity contribution is -0.138. The van der Waals surface area contributed by atoms with E-state index in [-0.39, 0.29) is 5.69 Å². The molecule has 0 bridgehead atoms. The van der Waals surface area contributed by atoms with Crippen LogP contribution in [0.3, 0.4) is 0 Å². The second kappa shape index (κ2) is 7.34. The van der Waals surface area contributed by atoms with Crippen LogP contribution in [0.15, 0.2) is 35.1 Å². The molecule has 2 aromatic rings. The number of carbonyl (C=O) groups excluding carboxylic acids is 1. The quantitative estimate of drug-likeness (QED) is 0.669. The zero-order valence-corrected chi connectivity index (χ0v) is 16.1. The Balaban J connectivity index is 2.74. The SMILES string of the molecule is COC(=O)CN(c1c(C)n(C)n(-c2ccccc2)c1=O)S(=O)(=O)N(C)C. The number of esters is 1. The second-order valence-electron chi connectivity index (χ2n) is 5.78. The lowest BCUT2D eigenvalue weighted by Gasteiger charge is -2.25. The smallest absolute Gasteiger partial charge is 0.326 e. The molecule has 1 aromatic heterocycles. The van der Waals surface area contributed by atoms with Crippen molar-refractivity contribution < 1.29 is 17.9 Å². The highest BCUT2D eigenvalue weighted by atomic mass is 32.2. The van der Waals surface area contributed by atoms with Gasteiger partial charge in [-0.05, 0) is 19.1 Å². The monoisotopic (exact) mass is 382 g/mol. The summed E-state index contributed by atoms with van der Waals surface area (Å²) < 4.78 is 34.7. The van der Waals surface area contributed by atoms with Crippen LogP contribution >= 0.6 is 0 Å². The van der Waals surface area contributed by atoms with E-state index in [1.165, 1.54) is 18.8 Å². The molecule has 0 aliphatic heterocycles. The van der Waals surface area contributed by atoms with E-state index in [1.807, 2.05) is 6.07 Å². The second-order valence-corrected chi connectivity index (χ2v) is 7.85. The Morgan fingerprint density at radius 2 is 1.77 bits per heavy atom. The van der Waals surface area contributed by atoms with E-state index < -0.39 is 28.3 Å². The summed E-state index contributed by atoms with van der Waals surface area (Å²) in [6.45, 7) is 1.01. The van der Waals surface area contributed by atoms with Gasteiger partial charge in [0.05, 0.1) is 18.5 Å². The molecule has 0 unspecified atom stereocenters. The number of methoxy groups -OCH3 is 1. The standard InChI is InChI=1S/C16H22N4O5S/c1-12-15(19(11-14(21)25-5)26(23,24)17(2)3)16(22)20(18(12)4)13-9-7-6-8-10-13/h6-10H,11H2,1-5H3. The summed E-state index contributed by atoms with van der Waals surface area (Å²) in [6, 6.07) is 8.82. The van der Waals surface area contributed by atoms with Crippen molar-refractivity contribution in [1.82, 2.24) is 13.7 Å². The Bertz CT molecular complexity index is 961. The van der Waals surface area contributed by atoms with Gasteiger partial charge in [-0.25, -0.2) is 8.99 Å². The van der Waals surface area contributed by atoms with E-state index >= 15 is 0 Å². The molecule has 0 spiro atoms.